The number of hydrogen-bond donors (Lipinski definition) is 0. The van der Waals surface area contributed by atoms with E-state index in [2.05, 4.69) is 215 Å². The van der Waals surface area contributed by atoms with E-state index in [0.717, 1.165) is 67.3 Å². The molecule has 59 heavy (non-hydrogen) atoms. The molecule has 5 heteroatoms. The summed E-state index contributed by atoms with van der Waals surface area (Å²) in [5.74, 6) is 0. The van der Waals surface area contributed by atoms with Gasteiger partial charge in [-0.3, -0.25) is 0 Å². The smallest absolute Gasteiger partial charge is 0.137 e. The topological polar surface area (TPSA) is 24.6 Å². The fraction of sp³-hybridized carbons (Fsp3) is 0. The number of nitrogens with zero attached hydrogens (tertiary/aromatic N) is 3. The average Bonchev–Trinajstić information content (AvgIpc) is 3.96. The summed E-state index contributed by atoms with van der Waals surface area (Å²) in [6.07, 6.45) is 0. The first-order chi connectivity index (χ1) is 29.2. The predicted octanol–water partition coefficient (Wildman–Crippen LogP) is 16.0. The van der Waals surface area contributed by atoms with Gasteiger partial charge in [0.25, 0.3) is 0 Å². The Labute approximate surface area is 344 Å². The van der Waals surface area contributed by atoms with Gasteiger partial charge in [-0.1, -0.05) is 109 Å². The van der Waals surface area contributed by atoms with Crippen LogP contribution in [0.2, 0.25) is 0 Å². The number of benzene rings is 9. The fourth-order valence-electron chi connectivity index (χ4n) is 8.85. The van der Waals surface area contributed by atoms with Gasteiger partial charge in [0.05, 0.1) is 5.52 Å². The molecular formula is C54H35N3OS. The van der Waals surface area contributed by atoms with Crippen LogP contribution in [0.3, 0.4) is 0 Å². The number of para-hydroxylation sites is 4. The second-order valence-corrected chi connectivity index (χ2v) is 16.0. The lowest BCUT2D eigenvalue weighted by atomic mass is 10.1. The molecule has 12 aromatic rings. The molecule has 0 fully saturated rings. The highest BCUT2D eigenvalue weighted by Gasteiger charge is 2.23. The summed E-state index contributed by atoms with van der Waals surface area (Å²) in [4.78, 5) is 5.93. The van der Waals surface area contributed by atoms with E-state index in [9.17, 15) is 0 Å². The lowest BCUT2D eigenvalue weighted by Gasteiger charge is -2.26. The van der Waals surface area contributed by atoms with Crippen LogP contribution in [-0.2, 0) is 0 Å². The number of thiophene rings is 1. The molecule has 278 valence electrons. The zero-order valence-electron chi connectivity index (χ0n) is 31.9. The number of hydrogen-bond acceptors (Lipinski definition) is 4. The van der Waals surface area contributed by atoms with E-state index in [0.29, 0.717) is 0 Å². The van der Waals surface area contributed by atoms with Crippen LogP contribution in [-0.4, -0.2) is 4.57 Å². The highest BCUT2D eigenvalue weighted by atomic mass is 32.1. The van der Waals surface area contributed by atoms with E-state index in [1.165, 1.54) is 36.5 Å². The van der Waals surface area contributed by atoms with Crippen LogP contribution in [0, 0.1) is 0 Å². The van der Waals surface area contributed by atoms with Gasteiger partial charge in [-0.05, 0) is 108 Å². The van der Waals surface area contributed by atoms with Gasteiger partial charge in [0.15, 0.2) is 0 Å². The minimum atomic E-state index is 0.867. The number of rotatable bonds is 7. The summed E-state index contributed by atoms with van der Waals surface area (Å²) < 4.78 is 10.2. The molecule has 9 aromatic carbocycles. The van der Waals surface area contributed by atoms with Crippen molar-refractivity contribution < 1.29 is 4.42 Å². The van der Waals surface area contributed by atoms with Gasteiger partial charge in [0.1, 0.15) is 16.0 Å². The Kier molecular flexibility index (Phi) is 7.68. The van der Waals surface area contributed by atoms with Crippen molar-refractivity contribution in [2.45, 2.75) is 0 Å². The maximum Gasteiger partial charge on any atom is 0.137 e. The SMILES string of the molecule is c1ccc(N(c2ccccc2)c2ccc3sc4c(c3c2)c2ccc(N(c3ccc5ccccc5c3)c3ccc5c(c3)oc3ccccc35)cc2n4-c2ccccc2)cc1. The molecule has 3 aromatic heterocycles. The van der Waals surface area contributed by atoms with Gasteiger partial charge in [0.2, 0.25) is 0 Å². The first kappa shape index (κ1) is 33.5. The van der Waals surface area contributed by atoms with E-state index in [1.54, 1.807) is 0 Å². The van der Waals surface area contributed by atoms with Crippen LogP contribution >= 0.6 is 11.3 Å². The van der Waals surface area contributed by atoms with Crippen molar-refractivity contribution in [3.63, 3.8) is 0 Å². The number of aromatic nitrogens is 1. The molecule has 0 spiro atoms. The van der Waals surface area contributed by atoms with Crippen molar-refractivity contribution >= 4 is 109 Å². The molecule has 4 nitrogen and oxygen atoms in total. The Balaban J connectivity index is 1.10. The maximum absolute atomic E-state index is 6.45. The molecule has 0 saturated heterocycles. The first-order valence-corrected chi connectivity index (χ1v) is 20.7. The lowest BCUT2D eigenvalue weighted by molar-refractivity contribution is 0.669. The second-order valence-electron chi connectivity index (χ2n) is 15.0. The van der Waals surface area contributed by atoms with Gasteiger partial charge in [0, 0.05) is 77.5 Å². The van der Waals surface area contributed by atoms with Crippen LogP contribution in [0.4, 0.5) is 34.1 Å². The highest BCUT2D eigenvalue weighted by Crippen LogP contribution is 2.47. The van der Waals surface area contributed by atoms with Crippen LogP contribution in [0.15, 0.2) is 217 Å². The second kappa shape index (κ2) is 13.5. The molecule has 0 amide bonds. The summed E-state index contributed by atoms with van der Waals surface area (Å²) in [6.45, 7) is 0. The van der Waals surface area contributed by atoms with Crippen LogP contribution < -0.4 is 9.80 Å². The molecular weight excluding hydrogens is 739 g/mol. The van der Waals surface area contributed by atoms with E-state index in [1.807, 2.05) is 23.5 Å². The van der Waals surface area contributed by atoms with E-state index < -0.39 is 0 Å². The zero-order chi connectivity index (χ0) is 38.9. The highest BCUT2D eigenvalue weighted by molar-refractivity contribution is 7.25. The van der Waals surface area contributed by atoms with Crippen LogP contribution in [0.5, 0.6) is 0 Å². The quantitative estimate of drug-likeness (QED) is 0.161. The zero-order valence-corrected chi connectivity index (χ0v) is 32.7. The summed E-state index contributed by atoms with van der Waals surface area (Å²) in [5.41, 5.74) is 10.6. The van der Waals surface area contributed by atoms with E-state index in [-0.39, 0.29) is 0 Å². The maximum atomic E-state index is 6.45. The molecule has 0 saturated carbocycles. The average molecular weight is 774 g/mol. The third-order valence-electron chi connectivity index (χ3n) is 11.5. The number of fused-ring (bicyclic) bond motifs is 9. The van der Waals surface area contributed by atoms with Crippen molar-refractivity contribution in [2.75, 3.05) is 9.80 Å². The summed E-state index contributed by atoms with van der Waals surface area (Å²) in [7, 11) is 0. The molecule has 3 heterocycles. The summed E-state index contributed by atoms with van der Waals surface area (Å²) >= 11 is 1.85. The number of furan rings is 1. The monoisotopic (exact) mass is 773 g/mol. The third kappa shape index (κ3) is 5.51. The van der Waals surface area contributed by atoms with Crippen molar-refractivity contribution in [2.24, 2.45) is 0 Å². The number of anilines is 6. The molecule has 0 bridgehead atoms. The Hall–Kier alpha value is -7.60. The molecule has 0 aliphatic heterocycles. The molecule has 0 radical (unpaired) electrons. The van der Waals surface area contributed by atoms with E-state index >= 15 is 0 Å². The normalized spacial score (nSPS) is 11.7. The molecule has 0 atom stereocenters. The van der Waals surface area contributed by atoms with Crippen LogP contribution in [0.1, 0.15) is 0 Å². The lowest BCUT2D eigenvalue weighted by Crippen LogP contribution is -2.10. The van der Waals surface area contributed by atoms with Crippen molar-refractivity contribution in [3.8, 4) is 5.69 Å². The Bertz CT molecular complexity index is 3470. The molecule has 0 N–H and O–H groups in total. The fourth-order valence-corrected chi connectivity index (χ4v) is 10.1. The van der Waals surface area contributed by atoms with Crippen molar-refractivity contribution in [1.82, 2.24) is 4.57 Å². The predicted molar refractivity (Wildman–Crippen MR) is 250 cm³/mol. The van der Waals surface area contributed by atoms with Gasteiger partial charge < -0.3 is 18.8 Å². The van der Waals surface area contributed by atoms with Crippen molar-refractivity contribution in [1.29, 1.82) is 0 Å². The van der Waals surface area contributed by atoms with Crippen LogP contribution in [0.25, 0.3) is 69.6 Å². The standard InChI is InChI=1S/C54H35N3OS/c1-4-16-38(17-5-1)55(39-18-6-2-7-19-39)42-28-31-52-48(33-42)53-47-30-27-43(34-49(47)57(54(53)59-52)40-20-8-3-9-21-40)56(41-25-24-36-14-10-11-15-37(36)32-41)44-26-29-46-45-22-12-13-23-50(45)58-51(46)35-44/h1-35H. The summed E-state index contributed by atoms with van der Waals surface area (Å²) in [6, 6.07) is 76.1. The van der Waals surface area contributed by atoms with Gasteiger partial charge in [-0.15, -0.1) is 11.3 Å². The minimum absolute atomic E-state index is 0.867. The largest absolute Gasteiger partial charge is 0.456 e. The molecule has 12 rings (SSSR count). The first-order valence-electron chi connectivity index (χ1n) is 19.9. The van der Waals surface area contributed by atoms with Gasteiger partial charge in [-0.25, -0.2) is 0 Å². The van der Waals surface area contributed by atoms with Gasteiger partial charge in [-0.2, -0.15) is 0 Å². The summed E-state index contributed by atoms with van der Waals surface area (Å²) in [5, 5.41) is 8.36. The molecule has 0 aliphatic rings. The minimum Gasteiger partial charge on any atom is -0.456 e. The Morgan fingerprint density at radius 1 is 0.373 bits per heavy atom. The third-order valence-corrected chi connectivity index (χ3v) is 12.7. The van der Waals surface area contributed by atoms with Crippen molar-refractivity contribution in [3.05, 3.63) is 212 Å². The van der Waals surface area contributed by atoms with E-state index in [4.69, 9.17) is 4.42 Å². The molecule has 0 unspecified atom stereocenters. The Morgan fingerprint density at radius 3 is 1.71 bits per heavy atom. The van der Waals surface area contributed by atoms with Gasteiger partial charge >= 0.3 is 0 Å². The molecule has 0 aliphatic carbocycles. The Morgan fingerprint density at radius 2 is 0.932 bits per heavy atom.